The quantitative estimate of drug-likeness (QED) is 0.837. The number of rotatable bonds is 5. The Hall–Kier alpha value is -3.04. The van der Waals surface area contributed by atoms with Crippen LogP contribution in [0.25, 0.3) is 0 Å². The maximum atomic E-state index is 13.1. The topological polar surface area (TPSA) is 84.7 Å². The summed E-state index contributed by atoms with van der Waals surface area (Å²) in [5, 5.41) is 13.1. The fourth-order valence-corrected chi connectivity index (χ4v) is 3.21. The predicted octanol–water partition coefficient (Wildman–Crippen LogP) is 2.28. The molecule has 0 spiro atoms. The van der Waals surface area contributed by atoms with Gasteiger partial charge in [0.25, 0.3) is 5.91 Å². The summed E-state index contributed by atoms with van der Waals surface area (Å²) >= 11 is 0. The number of halogens is 3. The van der Waals surface area contributed by atoms with Crippen LogP contribution in [0.2, 0.25) is 0 Å². The van der Waals surface area contributed by atoms with E-state index in [0.29, 0.717) is 12.3 Å². The Labute approximate surface area is 158 Å². The highest BCUT2D eigenvalue weighted by atomic mass is 19.4. The van der Waals surface area contributed by atoms with Gasteiger partial charge in [-0.2, -0.15) is 18.3 Å². The molecule has 28 heavy (non-hydrogen) atoms. The second-order valence-corrected chi connectivity index (χ2v) is 6.58. The lowest BCUT2D eigenvalue weighted by Crippen LogP contribution is -2.34. The second kappa shape index (κ2) is 7.53. The van der Waals surface area contributed by atoms with E-state index in [0.717, 1.165) is 10.5 Å². The van der Waals surface area contributed by atoms with Gasteiger partial charge in [-0.15, -0.1) is 0 Å². The number of alkyl halides is 3. The highest BCUT2D eigenvalue weighted by Crippen LogP contribution is 2.38. The number of aromatic nitrogens is 2. The Kier molecular flexibility index (Phi) is 5.30. The van der Waals surface area contributed by atoms with Crippen LogP contribution in [0.4, 0.5) is 13.2 Å². The van der Waals surface area contributed by atoms with Crippen LogP contribution < -0.4 is 4.74 Å². The van der Waals surface area contributed by atoms with Gasteiger partial charge in [0.2, 0.25) is 0 Å². The lowest BCUT2D eigenvalue weighted by atomic mass is 9.96. The van der Waals surface area contributed by atoms with E-state index in [1.807, 2.05) is 12.1 Å². The summed E-state index contributed by atoms with van der Waals surface area (Å²) in [6.45, 7) is -0.800. The van der Waals surface area contributed by atoms with Gasteiger partial charge < -0.3 is 14.7 Å². The van der Waals surface area contributed by atoms with E-state index in [9.17, 15) is 22.8 Å². The molecule has 0 unspecified atom stereocenters. The summed E-state index contributed by atoms with van der Waals surface area (Å²) in [4.78, 5) is 24.6. The van der Waals surface area contributed by atoms with Crippen molar-refractivity contribution in [2.24, 2.45) is 11.8 Å². The van der Waals surface area contributed by atoms with E-state index in [-0.39, 0.29) is 5.56 Å². The van der Waals surface area contributed by atoms with Gasteiger partial charge in [-0.1, -0.05) is 12.1 Å². The molecule has 1 saturated heterocycles. The van der Waals surface area contributed by atoms with Gasteiger partial charge in [0.15, 0.2) is 0 Å². The van der Waals surface area contributed by atoms with Crippen molar-refractivity contribution in [3.05, 3.63) is 47.8 Å². The number of amides is 1. The van der Waals surface area contributed by atoms with Crippen molar-refractivity contribution in [1.29, 1.82) is 0 Å². The summed E-state index contributed by atoms with van der Waals surface area (Å²) in [5.74, 6) is -5.28. The van der Waals surface area contributed by atoms with Crippen LogP contribution >= 0.6 is 0 Å². The van der Waals surface area contributed by atoms with Crippen molar-refractivity contribution in [2.45, 2.75) is 12.7 Å². The fourth-order valence-electron chi connectivity index (χ4n) is 3.21. The number of carboxylic acids is 1. The Morgan fingerprint density at radius 3 is 2.46 bits per heavy atom. The van der Waals surface area contributed by atoms with Gasteiger partial charge >= 0.3 is 12.1 Å². The number of nitrogens with zero attached hydrogens (tertiary/aromatic N) is 3. The minimum Gasteiger partial charge on any atom is -0.497 e. The smallest absolute Gasteiger partial charge is 0.394 e. The van der Waals surface area contributed by atoms with E-state index >= 15 is 0 Å². The number of aliphatic carboxylic acids is 1. The number of benzene rings is 1. The highest BCUT2D eigenvalue weighted by molar-refractivity contribution is 5.94. The number of methoxy groups -OCH3 is 1. The lowest BCUT2D eigenvalue weighted by Gasteiger charge is -2.18. The van der Waals surface area contributed by atoms with Gasteiger partial charge in [-0.3, -0.25) is 14.3 Å². The monoisotopic (exact) mass is 397 g/mol. The van der Waals surface area contributed by atoms with Crippen LogP contribution in [0.3, 0.4) is 0 Å². The molecule has 0 aliphatic carbocycles. The molecule has 1 aliphatic heterocycles. The van der Waals surface area contributed by atoms with Crippen molar-refractivity contribution in [3.8, 4) is 5.75 Å². The Morgan fingerprint density at radius 1 is 1.25 bits per heavy atom. The second-order valence-electron chi connectivity index (χ2n) is 6.58. The van der Waals surface area contributed by atoms with E-state index in [1.165, 1.54) is 17.1 Å². The maximum Gasteiger partial charge on any atom is 0.394 e. The summed E-state index contributed by atoms with van der Waals surface area (Å²) in [6, 6.07) is 7.21. The number of carbonyl (C=O) groups excluding carboxylic acids is 1. The average molecular weight is 397 g/mol. The van der Waals surface area contributed by atoms with Gasteiger partial charge in [-0.25, -0.2) is 0 Å². The largest absolute Gasteiger partial charge is 0.497 e. The van der Waals surface area contributed by atoms with Gasteiger partial charge in [-0.05, 0) is 17.7 Å². The number of ether oxygens (including phenoxy) is 1. The Bertz CT molecular complexity index is 864. The minimum absolute atomic E-state index is 0.112. The first-order valence-corrected chi connectivity index (χ1v) is 8.43. The molecule has 10 heteroatoms. The number of likely N-dealkylation sites (tertiary alicyclic amines) is 1. The molecule has 2 atom stereocenters. The third-order valence-electron chi connectivity index (χ3n) is 4.73. The van der Waals surface area contributed by atoms with E-state index < -0.39 is 43.0 Å². The zero-order valence-electron chi connectivity index (χ0n) is 14.9. The number of carbonyl (C=O) groups is 2. The van der Waals surface area contributed by atoms with Gasteiger partial charge in [0.05, 0.1) is 37.3 Å². The first-order chi connectivity index (χ1) is 13.2. The molecule has 0 bridgehead atoms. The molecular formula is C18H18F3N3O4. The SMILES string of the molecule is COc1ccc(Cn2cc(C(=O)N3C[C@@H](C(F)(F)F)[C@H](C(=O)O)C3)cn2)cc1. The van der Waals surface area contributed by atoms with Gasteiger partial charge in [0, 0.05) is 19.3 Å². The molecule has 3 rings (SSSR count). The maximum absolute atomic E-state index is 13.1. The molecular weight excluding hydrogens is 379 g/mol. The molecule has 2 aromatic rings. The van der Waals surface area contributed by atoms with Crippen molar-refractivity contribution in [3.63, 3.8) is 0 Å². The molecule has 1 aromatic heterocycles. The molecule has 150 valence electrons. The van der Waals surface area contributed by atoms with Crippen LogP contribution in [-0.2, 0) is 11.3 Å². The van der Waals surface area contributed by atoms with Crippen molar-refractivity contribution >= 4 is 11.9 Å². The first-order valence-electron chi connectivity index (χ1n) is 8.43. The number of hydrogen-bond acceptors (Lipinski definition) is 4. The molecule has 0 radical (unpaired) electrons. The fraction of sp³-hybridized carbons (Fsp3) is 0.389. The number of carboxylic acid groups (broad SMARTS) is 1. The molecule has 7 nitrogen and oxygen atoms in total. The van der Waals surface area contributed by atoms with Crippen LogP contribution in [-0.4, -0.2) is 58.0 Å². The van der Waals surface area contributed by atoms with Crippen LogP contribution in [0, 0.1) is 11.8 Å². The Morgan fingerprint density at radius 2 is 1.93 bits per heavy atom. The summed E-state index contributed by atoms with van der Waals surface area (Å²) in [7, 11) is 1.55. The first kappa shape index (κ1) is 19.7. The van der Waals surface area contributed by atoms with Crippen molar-refractivity contribution in [1.82, 2.24) is 14.7 Å². The normalized spacial score (nSPS) is 19.6. The molecule has 1 N–H and O–H groups in total. The number of hydrogen-bond donors (Lipinski definition) is 1. The Balaban J connectivity index is 1.70. The van der Waals surface area contributed by atoms with E-state index in [4.69, 9.17) is 9.84 Å². The van der Waals surface area contributed by atoms with Crippen molar-refractivity contribution in [2.75, 3.05) is 20.2 Å². The van der Waals surface area contributed by atoms with E-state index in [1.54, 1.807) is 19.2 Å². The standard InChI is InChI=1S/C18H18F3N3O4/c1-28-13-4-2-11(3-5-13)7-24-8-12(6-22-24)16(25)23-9-14(17(26)27)15(10-23)18(19,20)21/h2-6,8,14-15H,7,9-10H2,1H3,(H,26,27)/t14-,15-/m1/s1. The highest BCUT2D eigenvalue weighted by Gasteiger charge is 2.53. The average Bonchev–Trinajstić information content (AvgIpc) is 3.29. The van der Waals surface area contributed by atoms with Crippen LogP contribution in [0.1, 0.15) is 15.9 Å². The third kappa shape index (κ3) is 4.10. The molecule has 0 saturated carbocycles. The molecule has 1 amide bonds. The molecule has 1 fully saturated rings. The third-order valence-corrected chi connectivity index (χ3v) is 4.73. The van der Waals surface area contributed by atoms with Crippen molar-refractivity contribution < 1.29 is 32.6 Å². The minimum atomic E-state index is -4.68. The summed E-state index contributed by atoms with van der Waals surface area (Å²) in [5.41, 5.74) is 1.01. The van der Waals surface area contributed by atoms with Gasteiger partial charge in [0.1, 0.15) is 5.75 Å². The zero-order valence-corrected chi connectivity index (χ0v) is 14.9. The summed E-state index contributed by atoms with van der Waals surface area (Å²) < 4.78 is 45.8. The molecule has 1 aromatic carbocycles. The molecule has 2 heterocycles. The lowest BCUT2D eigenvalue weighted by molar-refractivity contribution is -0.187. The van der Waals surface area contributed by atoms with Crippen LogP contribution in [0.15, 0.2) is 36.7 Å². The van der Waals surface area contributed by atoms with E-state index in [2.05, 4.69) is 5.10 Å². The summed E-state index contributed by atoms with van der Waals surface area (Å²) in [6.07, 6.45) is -1.98. The predicted molar refractivity (Wildman–Crippen MR) is 90.9 cm³/mol. The zero-order chi connectivity index (χ0) is 20.5. The molecule has 1 aliphatic rings. The van der Waals surface area contributed by atoms with Crippen LogP contribution in [0.5, 0.6) is 5.75 Å².